The summed E-state index contributed by atoms with van der Waals surface area (Å²) >= 11 is 6.13. The number of allylic oxidation sites excluding steroid dienone is 1. The highest BCUT2D eigenvalue weighted by molar-refractivity contribution is 7.90. The standard InChI is InChI=1S/C17H13ClN6O5S/c18-15-14-16(20-8-19-15)21-9-23(14)11-6-5-10(7-11)17(25)22-30(28,29)13-4-2-1-3-12(13)24(26)27/h1-6,8-11H,7H2,(H,22,25)/t10-,11+/m1/s1. The average molecular weight is 449 g/mol. The number of halogens is 1. The molecule has 2 aromatic heterocycles. The SMILES string of the molecule is O=C(NS(=O)(=O)c1ccccc1[N+](=O)[O-])[C@@H]1C=C[C@H](n2cnc3ncnc(Cl)c32)C1. The minimum atomic E-state index is -4.42. The molecule has 2 atom stereocenters. The molecule has 13 heteroatoms. The van der Waals surface area contributed by atoms with Gasteiger partial charge >= 0.3 is 0 Å². The van der Waals surface area contributed by atoms with Gasteiger partial charge in [-0.25, -0.2) is 28.1 Å². The van der Waals surface area contributed by atoms with Crippen molar-refractivity contribution in [3.8, 4) is 0 Å². The van der Waals surface area contributed by atoms with Gasteiger partial charge < -0.3 is 4.57 Å². The lowest BCUT2D eigenvalue weighted by Gasteiger charge is -2.15. The summed E-state index contributed by atoms with van der Waals surface area (Å²) in [6.45, 7) is 0. The molecule has 1 N–H and O–H groups in total. The molecule has 4 rings (SSSR count). The van der Waals surface area contributed by atoms with Gasteiger partial charge in [-0.05, 0) is 12.5 Å². The molecule has 30 heavy (non-hydrogen) atoms. The molecular formula is C17H13ClN6O5S. The van der Waals surface area contributed by atoms with Crippen LogP contribution in [0.15, 0.2) is 54.0 Å². The molecule has 1 aliphatic rings. The van der Waals surface area contributed by atoms with Gasteiger partial charge in [0.05, 0.1) is 23.2 Å². The third-order valence-corrected chi connectivity index (χ3v) is 6.33. The second-order valence-electron chi connectivity index (χ2n) is 6.48. The van der Waals surface area contributed by atoms with Crippen molar-refractivity contribution in [3.05, 3.63) is 64.3 Å². The zero-order valence-electron chi connectivity index (χ0n) is 15.0. The number of para-hydroxylation sites is 1. The third kappa shape index (κ3) is 3.50. The van der Waals surface area contributed by atoms with Gasteiger partial charge in [-0.2, -0.15) is 0 Å². The topological polar surface area (TPSA) is 150 Å². The van der Waals surface area contributed by atoms with Crippen molar-refractivity contribution in [1.82, 2.24) is 24.2 Å². The van der Waals surface area contributed by atoms with Gasteiger partial charge in [0, 0.05) is 6.07 Å². The zero-order valence-corrected chi connectivity index (χ0v) is 16.6. The minimum absolute atomic E-state index is 0.206. The second-order valence-corrected chi connectivity index (χ2v) is 8.49. The Morgan fingerprint density at radius 1 is 1.23 bits per heavy atom. The molecule has 2 heterocycles. The Morgan fingerprint density at radius 2 is 2.00 bits per heavy atom. The lowest BCUT2D eigenvalue weighted by atomic mass is 10.1. The number of rotatable bonds is 5. The Bertz CT molecular complexity index is 1300. The van der Waals surface area contributed by atoms with Crippen LogP contribution >= 0.6 is 11.6 Å². The van der Waals surface area contributed by atoms with Crippen LogP contribution in [0.4, 0.5) is 5.69 Å². The van der Waals surface area contributed by atoms with Crippen molar-refractivity contribution in [2.45, 2.75) is 17.4 Å². The minimum Gasteiger partial charge on any atom is -0.320 e. The van der Waals surface area contributed by atoms with Crippen molar-refractivity contribution in [2.24, 2.45) is 5.92 Å². The maximum Gasteiger partial charge on any atom is 0.289 e. The van der Waals surface area contributed by atoms with E-state index in [-0.39, 0.29) is 17.6 Å². The first kappa shape index (κ1) is 19.9. The molecule has 0 spiro atoms. The van der Waals surface area contributed by atoms with Gasteiger partial charge in [0.1, 0.15) is 11.8 Å². The maximum atomic E-state index is 12.6. The summed E-state index contributed by atoms with van der Waals surface area (Å²) in [5.74, 6) is -1.56. The van der Waals surface area contributed by atoms with E-state index in [4.69, 9.17) is 11.6 Å². The molecule has 3 aromatic rings. The average Bonchev–Trinajstić information content (AvgIpc) is 3.35. The smallest absolute Gasteiger partial charge is 0.289 e. The predicted octanol–water partition coefficient (Wildman–Crippen LogP) is 2.01. The number of carbonyl (C=O) groups excluding carboxylic acids is 1. The molecule has 0 saturated carbocycles. The molecule has 154 valence electrons. The van der Waals surface area contributed by atoms with Gasteiger partial charge in [-0.3, -0.25) is 14.9 Å². The summed E-state index contributed by atoms with van der Waals surface area (Å²) in [5, 5.41) is 11.3. The van der Waals surface area contributed by atoms with Crippen molar-refractivity contribution in [1.29, 1.82) is 0 Å². The van der Waals surface area contributed by atoms with Crippen molar-refractivity contribution in [2.75, 3.05) is 0 Å². The molecule has 0 aliphatic heterocycles. The van der Waals surface area contributed by atoms with Crippen LogP contribution in [-0.2, 0) is 14.8 Å². The number of imidazole rings is 1. The number of carbonyl (C=O) groups is 1. The van der Waals surface area contributed by atoms with E-state index >= 15 is 0 Å². The monoisotopic (exact) mass is 448 g/mol. The lowest BCUT2D eigenvalue weighted by molar-refractivity contribution is -0.387. The van der Waals surface area contributed by atoms with E-state index in [1.54, 1.807) is 16.7 Å². The molecule has 0 fully saturated rings. The van der Waals surface area contributed by atoms with Gasteiger partial charge in [0.15, 0.2) is 15.7 Å². The van der Waals surface area contributed by atoms with Crippen LogP contribution in [0.3, 0.4) is 0 Å². The molecule has 0 saturated heterocycles. The van der Waals surface area contributed by atoms with Gasteiger partial charge in [0.25, 0.3) is 15.7 Å². The summed E-state index contributed by atoms with van der Waals surface area (Å²) < 4.78 is 28.7. The number of hydrogen-bond acceptors (Lipinski definition) is 8. The Morgan fingerprint density at radius 3 is 2.77 bits per heavy atom. The fraction of sp³-hybridized carbons (Fsp3) is 0.176. The van der Waals surface area contributed by atoms with Gasteiger partial charge in [-0.15, -0.1) is 0 Å². The van der Waals surface area contributed by atoms with Crippen LogP contribution in [-0.4, -0.2) is 38.8 Å². The summed E-state index contributed by atoms with van der Waals surface area (Å²) in [6.07, 6.45) is 6.35. The van der Waals surface area contributed by atoms with E-state index in [9.17, 15) is 23.3 Å². The van der Waals surface area contributed by atoms with Crippen LogP contribution in [0.1, 0.15) is 12.5 Å². The summed E-state index contributed by atoms with van der Waals surface area (Å²) in [5.41, 5.74) is 0.287. The van der Waals surface area contributed by atoms with Crippen molar-refractivity contribution < 1.29 is 18.1 Å². The lowest BCUT2D eigenvalue weighted by Crippen LogP contribution is -2.35. The quantitative estimate of drug-likeness (QED) is 0.269. The first-order valence-corrected chi connectivity index (χ1v) is 10.5. The molecule has 0 unspecified atom stereocenters. The van der Waals surface area contributed by atoms with Gasteiger partial charge in [-0.1, -0.05) is 35.9 Å². The maximum absolute atomic E-state index is 12.6. The number of nitro groups is 1. The molecule has 0 radical (unpaired) electrons. The fourth-order valence-corrected chi connectivity index (χ4v) is 4.70. The fourth-order valence-electron chi connectivity index (χ4n) is 3.27. The normalized spacial score (nSPS) is 18.6. The Labute approximate surface area is 174 Å². The largest absolute Gasteiger partial charge is 0.320 e. The Balaban J connectivity index is 1.53. The molecule has 1 amide bonds. The number of nitrogens with one attached hydrogen (secondary N) is 1. The zero-order chi connectivity index (χ0) is 21.5. The van der Waals surface area contributed by atoms with Crippen molar-refractivity contribution in [3.63, 3.8) is 0 Å². The van der Waals surface area contributed by atoms with Crippen LogP contribution in [0.2, 0.25) is 5.15 Å². The van der Waals surface area contributed by atoms with Crippen LogP contribution in [0, 0.1) is 16.0 Å². The molecule has 1 aliphatic carbocycles. The summed E-state index contributed by atoms with van der Waals surface area (Å²) in [4.78, 5) is 34.4. The number of benzene rings is 1. The van der Waals surface area contributed by atoms with E-state index in [0.29, 0.717) is 11.2 Å². The number of sulfonamides is 1. The number of nitrogens with zero attached hydrogens (tertiary/aromatic N) is 5. The summed E-state index contributed by atoms with van der Waals surface area (Å²) in [6, 6.07) is 4.49. The molecule has 1 aromatic carbocycles. The van der Waals surface area contributed by atoms with Gasteiger partial charge in [0.2, 0.25) is 5.91 Å². The number of amides is 1. The van der Waals surface area contributed by atoms with Crippen molar-refractivity contribution >= 4 is 44.4 Å². The summed E-state index contributed by atoms with van der Waals surface area (Å²) in [7, 11) is -4.42. The highest BCUT2D eigenvalue weighted by atomic mass is 35.5. The number of nitro benzene ring substituents is 1. The highest BCUT2D eigenvalue weighted by Gasteiger charge is 2.32. The van der Waals surface area contributed by atoms with Crippen LogP contribution < -0.4 is 4.72 Å². The van der Waals surface area contributed by atoms with Crippen LogP contribution in [0.25, 0.3) is 11.2 Å². The highest BCUT2D eigenvalue weighted by Crippen LogP contribution is 2.32. The first-order valence-electron chi connectivity index (χ1n) is 8.59. The van der Waals surface area contributed by atoms with E-state index < -0.39 is 37.4 Å². The number of hydrogen-bond donors (Lipinski definition) is 1. The van der Waals surface area contributed by atoms with E-state index in [1.807, 2.05) is 4.72 Å². The number of aromatic nitrogens is 4. The van der Waals surface area contributed by atoms with E-state index in [0.717, 1.165) is 12.1 Å². The van der Waals surface area contributed by atoms with E-state index in [1.165, 1.54) is 24.8 Å². The molecular weight excluding hydrogens is 436 g/mol. The Hall–Kier alpha value is -3.38. The number of fused-ring (bicyclic) bond motifs is 1. The third-order valence-electron chi connectivity index (χ3n) is 4.66. The first-order chi connectivity index (χ1) is 14.3. The molecule has 0 bridgehead atoms. The predicted molar refractivity (Wildman–Crippen MR) is 105 cm³/mol. The van der Waals surface area contributed by atoms with E-state index in [2.05, 4.69) is 15.0 Å². The second kappa shape index (κ2) is 7.46. The molecule has 11 nitrogen and oxygen atoms in total. The van der Waals surface area contributed by atoms with Crippen LogP contribution in [0.5, 0.6) is 0 Å². The Kier molecular flexibility index (Phi) is 4.95.